The number of fused-ring (bicyclic) bond motifs is 5. The van der Waals surface area contributed by atoms with Crippen LogP contribution in [-0.2, 0) is 0 Å². The summed E-state index contributed by atoms with van der Waals surface area (Å²) in [6.07, 6.45) is 0. The van der Waals surface area contributed by atoms with Gasteiger partial charge in [-0.15, -0.1) is 0 Å². The van der Waals surface area contributed by atoms with Crippen LogP contribution in [-0.4, -0.2) is 9.13 Å². The summed E-state index contributed by atoms with van der Waals surface area (Å²) in [5.41, 5.74) is 16.2. The molecule has 0 unspecified atom stereocenters. The molecular formula is C56H39N3. The average molecular weight is 754 g/mol. The molecule has 0 bridgehead atoms. The third kappa shape index (κ3) is 6.08. The Labute approximate surface area is 343 Å². The molecule has 2 heterocycles. The predicted molar refractivity (Wildman–Crippen MR) is 249 cm³/mol. The van der Waals surface area contributed by atoms with E-state index >= 15 is 0 Å². The Morgan fingerprint density at radius 1 is 0.271 bits per heavy atom. The van der Waals surface area contributed by atoms with Crippen LogP contribution in [0.25, 0.3) is 77.6 Å². The Morgan fingerprint density at radius 3 is 1.07 bits per heavy atom. The molecule has 11 rings (SSSR count). The molecule has 0 radical (unpaired) electrons. The van der Waals surface area contributed by atoms with Gasteiger partial charge in [0, 0.05) is 44.6 Å². The Hall–Kier alpha value is -7.88. The van der Waals surface area contributed by atoms with Crippen LogP contribution in [0.15, 0.2) is 237 Å². The van der Waals surface area contributed by atoms with E-state index < -0.39 is 0 Å². The molecule has 9 aromatic carbocycles. The smallest absolute Gasteiger partial charge is 0.131 e. The molecule has 2 aromatic heterocycles. The van der Waals surface area contributed by atoms with Crippen molar-refractivity contribution in [3.8, 4) is 44.8 Å². The maximum Gasteiger partial charge on any atom is 0.131 e. The van der Waals surface area contributed by atoms with Gasteiger partial charge < -0.3 is 4.90 Å². The fourth-order valence-electron chi connectivity index (χ4n) is 8.73. The first-order valence-electron chi connectivity index (χ1n) is 20.2. The Bertz CT molecular complexity index is 3120. The fourth-order valence-corrected chi connectivity index (χ4v) is 8.73. The molecule has 0 aliphatic carbocycles. The van der Waals surface area contributed by atoms with Crippen molar-refractivity contribution in [2.45, 2.75) is 0 Å². The van der Waals surface area contributed by atoms with Gasteiger partial charge in [0.25, 0.3) is 0 Å². The van der Waals surface area contributed by atoms with Gasteiger partial charge in [-0.3, -0.25) is 9.13 Å². The Morgan fingerprint density at radius 2 is 0.610 bits per heavy atom. The fraction of sp³-hybridized carbons (Fsp3) is 0. The summed E-state index contributed by atoms with van der Waals surface area (Å²) >= 11 is 0. The highest BCUT2D eigenvalue weighted by molar-refractivity contribution is 6.23. The third-order valence-electron chi connectivity index (χ3n) is 11.5. The highest BCUT2D eigenvalue weighted by Crippen LogP contribution is 2.45. The predicted octanol–water partition coefficient (Wildman–Crippen LogP) is 15.2. The lowest BCUT2D eigenvalue weighted by molar-refractivity contribution is 1.07. The first-order chi connectivity index (χ1) is 29.3. The van der Waals surface area contributed by atoms with Crippen molar-refractivity contribution < 1.29 is 0 Å². The van der Waals surface area contributed by atoms with Crippen molar-refractivity contribution in [1.29, 1.82) is 0 Å². The van der Waals surface area contributed by atoms with Crippen molar-refractivity contribution >= 4 is 49.9 Å². The molecule has 0 aliphatic heterocycles. The largest absolute Gasteiger partial charge is 0.310 e. The molecular weight excluding hydrogens is 715 g/mol. The van der Waals surface area contributed by atoms with E-state index in [-0.39, 0.29) is 0 Å². The maximum absolute atomic E-state index is 2.44. The van der Waals surface area contributed by atoms with Gasteiger partial charge in [-0.2, -0.15) is 0 Å². The minimum atomic E-state index is 1.09. The number of hydrogen-bond acceptors (Lipinski definition) is 1. The molecule has 3 nitrogen and oxygen atoms in total. The van der Waals surface area contributed by atoms with Crippen LogP contribution < -0.4 is 4.90 Å². The van der Waals surface area contributed by atoms with E-state index in [0.717, 1.165) is 39.6 Å². The van der Waals surface area contributed by atoms with Gasteiger partial charge in [0.1, 0.15) is 5.65 Å². The second kappa shape index (κ2) is 14.6. The Kier molecular flexibility index (Phi) is 8.49. The first kappa shape index (κ1) is 34.4. The van der Waals surface area contributed by atoms with Gasteiger partial charge in [-0.25, -0.2) is 0 Å². The SMILES string of the molecule is c1ccc(-c2ccc(N(c3ccc(-c4ccccc4)cc3)c3ccc4c(c3)c3c5cc(-c6ccccc6)ccc5n(-c5ccccc5)c3n4-c3ccccc3)cc2)cc1. The minimum absolute atomic E-state index is 1.09. The lowest BCUT2D eigenvalue weighted by Gasteiger charge is -2.26. The van der Waals surface area contributed by atoms with E-state index in [2.05, 4.69) is 251 Å². The molecule has 0 atom stereocenters. The summed E-state index contributed by atoms with van der Waals surface area (Å²) in [5, 5.41) is 3.63. The number of aromatic nitrogens is 2. The second-order valence-electron chi connectivity index (χ2n) is 15.0. The van der Waals surface area contributed by atoms with Crippen LogP contribution in [0.5, 0.6) is 0 Å². The molecule has 278 valence electrons. The summed E-state index contributed by atoms with van der Waals surface area (Å²) in [5.74, 6) is 0. The highest BCUT2D eigenvalue weighted by Gasteiger charge is 2.24. The van der Waals surface area contributed by atoms with Crippen LogP contribution in [0.4, 0.5) is 17.1 Å². The van der Waals surface area contributed by atoms with E-state index in [4.69, 9.17) is 0 Å². The molecule has 11 aromatic rings. The van der Waals surface area contributed by atoms with Crippen LogP contribution in [0, 0.1) is 0 Å². The number of anilines is 3. The van der Waals surface area contributed by atoms with Gasteiger partial charge in [-0.1, -0.05) is 158 Å². The molecule has 3 heteroatoms. The summed E-state index contributed by atoms with van der Waals surface area (Å²) < 4.78 is 4.88. The summed E-state index contributed by atoms with van der Waals surface area (Å²) in [4.78, 5) is 2.39. The van der Waals surface area contributed by atoms with Gasteiger partial charge >= 0.3 is 0 Å². The van der Waals surface area contributed by atoms with Crippen molar-refractivity contribution in [3.63, 3.8) is 0 Å². The van der Waals surface area contributed by atoms with Crippen LogP contribution in [0.3, 0.4) is 0 Å². The van der Waals surface area contributed by atoms with Crippen LogP contribution >= 0.6 is 0 Å². The molecule has 0 saturated carbocycles. The zero-order chi connectivity index (χ0) is 39.1. The zero-order valence-electron chi connectivity index (χ0n) is 32.4. The van der Waals surface area contributed by atoms with Gasteiger partial charge in [-0.05, 0) is 112 Å². The highest BCUT2D eigenvalue weighted by atomic mass is 15.2. The number of nitrogens with zero attached hydrogens (tertiary/aromatic N) is 3. The standard InChI is InChI=1S/C56H39N3/c1-6-16-40(17-7-1)43-26-31-48(32-27-43)57(49-33-28-44(29-34-49)41-18-8-2-9-19-41)50-35-37-54-52(39-50)55-51-38-45(42-20-10-3-11-21-42)30-36-53(51)58(46-22-12-4-13-23-46)56(55)59(54)47-24-14-5-15-25-47/h1-39H. The Balaban J connectivity index is 1.18. The van der Waals surface area contributed by atoms with Crippen molar-refractivity contribution in [1.82, 2.24) is 9.13 Å². The van der Waals surface area contributed by atoms with E-state index in [1.807, 2.05) is 0 Å². The van der Waals surface area contributed by atoms with Crippen molar-refractivity contribution in [2.24, 2.45) is 0 Å². The number of benzene rings is 9. The average Bonchev–Trinajstić information content (AvgIpc) is 3.83. The lowest BCUT2D eigenvalue weighted by Crippen LogP contribution is -2.10. The number of rotatable bonds is 8. The molecule has 59 heavy (non-hydrogen) atoms. The van der Waals surface area contributed by atoms with E-state index in [0.29, 0.717) is 0 Å². The first-order valence-corrected chi connectivity index (χ1v) is 20.2. The quantitative estimate of drug-likeness (QED) is 0.151. The van der Waals surface area contributed by atoms with Crippen LogP contribution in [0.1, 0.15) is 0 Å². The lowest BCUT2D eigenvalue weighted by atomic mass is 10.0. The summed E-state index contributed by atoms with van der Waals surface area (Å²) in [6, 6.07) is 85.3. The van der Waals surface area contributed by atoms with Gasteiger partial charge in [0.05, 0.1) is 11.0 Å². The summed E-state index contributed by atoms with van der Waals surface area (Å²) in [6.45, 7) is 0. The normalized spacial score (nSPS) is 11.4. The third-order valence-corrected chi connectivity index (χ3v) is 11.5. The maximum atomic E-state index is 2.44. The van der Waals surface area contributed by atoms with Crippen LogP contribution in [0.2, 0.25) is 0 Å². The van der Waals surface area contributed by atoms with E-state index in [9.17, 15) is 0 Å². The zero-order valence-corrected chi connectivity index (χ0v) is 32.4. The van der Waals surface area contributed by atoms with Crippen molar-refractivity contribution in [2.75, 3.05) is 4.90 Å². The molecule has 0 amide bonds. The molecule has 0 aliphatic rings. The topological polar surface area (TPSA) is 13.1 Å². The van der Waals surface area contributed by atoms with E-state index in [1.165, 1.54) is 55.1 Å². The summed E-state index contributed by atoms with van der Waals surface area (Å²) in [7, 11) is 0. The van der Waals surface area contributed by atoms with Gasteiger partial charge in [0.15, 0.2) is 0 Å². The second-order valence-corrected chi connectivity index (χ2v) is 15.0. The molecule has 0 N–H and O–H groups in total. The van der Waals surface area contributed by atoms with E-state index in [1.54, 1.807) is 0 Å². The van der Waals surface area contributed by atoms with Crippen molar-refractivity contribution in [3.05, 3.63) is 237 Å². The molecule has 0 spiro atoms. The number of para-hydroxylation sites is 2. The molecule has 0 saturated heterocycles. The monoisotopic (exact) mass is 753 g/mol. The molecule has 0 fully saturated rings. The number of hydrogen-bond donors (Lipinski definition) is 0. The van der Waals surface area contributed by atoms with Gasteiger partial charge in [0.2, 0.25) is 0 Å². The minimum Gasteiger partial charge on any atom is -0.310 e.